The maximum atomic E-state index is 6.21. The summed E-state index contributed by atoms with van der Waals surface area (Å²) in [5, 5.41) is 4.58. The minimum Gasteiger partial charge on any atom is -0.456 e. The first-order valence-electron chi connectivity index (χ1n) is 17.1. The van der Waals surface area contributed by atoms with Gasteiger partial charge in [-0.15, -0.1) is 11.3 Å². The minimum atomic E-state index is -0.829. The number of benzene rings is 7. The number of fused-ring (bicyclic) bond motifs is 9. The van der Waals surface area contributed by atoms with Crippen LogP contribution in [0.15, 0.2) is 168 Å². The summed E-state index contributed by atoms with van der Waals surface area (Å²) in [6.45, 7) is 0. The van der Waals surface area contributed by atoms with Crippen LogP contribution in [0.4, 0.5) is 0 Å². The van der Waals surface area contributed by atoms with Crippen LogP contribution in [0.25, 0.3) is 76.0 Å². The number of nitrogens with zero attached hydrogens (tertiary/aromatic N) is 3. The normalized spacial score (nSPS) is 13.3. The molecule has 1 aliphatic rings. The third kappa shape index (κ3) is 4.04. The van der Waals surface area contributed by atoms with Crippen molar-refractivity contribution in [1.82, 2.24) is 15.0 Å². The fourth-order valence-corrected chi connectivity index (χ4v) is 9.36. The number of furan rings is 1. The molecule has 0 unspecified atom stereocenters. The molecular formula is C46H27N3OS. The lowest BCUT2D eigenvalue weighted by Gasteiger charge is -2.32. The number of hydrogen-bond donors (Lipinski definition) is 0. The summed E-state index contributed by atoms with van der Waals surface area (Å²) < 4.78 is 8.71. The van der Waals surface area contributed by atoms with E-state index in [-0.39, 0.29) is 0 Å². The van der Waals surface area contributed by atoms with E-state index in [0.29, 0.717) is 17.5 Å². The van der Waals surface area contributed by atoms with Crippen LogP contribution in [0.1, 0.15) is 22.5 Å². The van der Waals surface area contributed by atoms with Gasteiger partial charge in [-0.25, -0.2) is 15.0 Å². The average Bonchev–Trinajstić information content (AvgIpc) is 3.86. The van der Waals surface area contributed by atoms with Crippen LogP contribution in [0.5, 0.6) is 0 Å². The zero-order valence-electron chi connectivity index (χ0n) is 27.2. The van der Waals surface area contributed by atoms with Crippen molar-refractivity contribution in [3.05, 3.63) is 186 Å². The van der Waals surface area contributed by atoms with Gasteiger partial charge in [-0.2, -0.15) is 0 Å². The quantitative estimate of drug-likeness (QED) is 0.187. The van der Waals surface area contributed by atoms with Gasteiger partial charge in [0, 0.05) is 42.1 Å². The minimum absolute atomic E-state index is 0.620. The third-order valence-electron chi connectivity index (χ3n) is 10.4. The second kappa shape index (κ2) is 10.8. The maximum Gasteiger partial charge on any atom is 0.163 e. The molecule has 0 radical (unpaired) electrons. The monoisotopic (exact) mass is 669 g/mol. The second-order valence-corrected chi connectivity index (χ2v) is 14.2. The Kier molecular flexibility index (Phi) is 6.01. The smallest absolute Gasteiger partial charge is 0.163 e. The summed E-state index contributed by atoms with van der Waals surface area (Å²) >= 11 is 1.83. The van der Waals surface area contributed by atoms with Gasteiger partial charge >= 0.3 is 0 Å². The van der Waals surface area contributed by atoms with Gasteiger partial charge in [0.05, 0.1) is 0 Å². The molecule has 238 valence electrons. The molecule has 0 aliphatic heterocycles. The Balaban J connectivity index is 1.29. The highest BCUT2D eigenvalue weighted by Gasteiger charge is 2.50. The molecule has 0 fully saturated rings. The standard InChI is InChI=1S/C46H27N3OS/c1-2-13-28(14-3-1)43-47-44(29-25-26-39-34(27-29)32-17-6-10-22-38(32)50-39)49-45(48-43)46(35-19-8-4-15-30(35)31-16-5-9-20-36(31)46)37-21-12-24-41-42(37)33-18-7-11-23-40(33)51-41/h1-27H. The number of hydrogen-bond acceptors (Lipinski definition) is 5. The lowest BCUT2D eigenvalue weighted by atomic mass is 9.70. The van der Waals surface area contributed by atoms with Crippen molar-refractivity contribution in [2.24, 2.45) is 0 Å². The van der Waals surface area contributed by atoms with E-state index in [1.54, 1.807) is 0 Å². The highest BCUT2D eigenvalue weighted by molar-refractivity contribution is 7.25. The topological polar surface area (TPSA) is 51.8 Å². The fraction of sp³-hybridized carbons (Fsp3) is 0.0217. The average molecular weight is 670 g/mol. The van der Waals surface area contributed by atoms with Crippen molar-refractivity contribution in [3.8, 4) is 33.9 Å². The number of aromatic nitrogens is 3. The van der Waals surface area contributed by atoms with E-state index in [1.807, 2.05) is 53.8 Å². The SMILES string of the molecule is c1ccc(-c2nc(-c3ccc4oc5ccccc5c4c3)nc(C3(c4cccc5sc6ccccc6c45)c4ccccc4-c4ccccc43)n2)cc1. The van der Waals surface area contributed by atoms with Crippen LogP contribution < -0.4 is 0 Å². The second-order valence-electron chi connectivity index (χ2n) is 13.1. The highest BCUT2D eigenvalue weighted by Crippen LogP contribution is 2.57. The summed E-state index contributed by atoms with van der Waals surface area (Å²) in [4.78, 5) is 16.2. The first-order valence-corrected chi connectivity index (χ1v) is 17.9. The van der Waals surface area contributed by atoms with E-state index in [9.17, 15) is 0 Å². The van der Waals surface area contributed by atoms with Crippen LogP contribution >= 0.6 is 11.3 Å². The van der Waals surface area contributed by atoms with Crippen molar-refractivity contribution in [2.45, 2.75) is 5.41 Å². The molecule has 5 heteroatoms. The van der Waals surface area contributed by atoms with Crippen molar-refractivity contribution in [2.75, 3.05) is 0 Å². The molecule has 0 bridgehead atoms. The molecule has 51 heavy (non-hydrogen) atoms. The van der Waals surface area contributed by atoms with Crippen LogP contribution in [-0.4, -0.2) is 15.0 Å². The first-order chi connectivity index (χ1) is 25.3. The molecule has 0 saturated carbocycles. The fourth-order valence-electron chi connectivity index (χ4n) is 8.23. The molecule has 1 aliphatic carbocycles. The van der Waals surface area contributed by atoms with Gasteiger partial charge in [0.25, 0.3) is 0 Å². The summed E-state index contributed by atoms with van der Waals surface area (Å²) in [6, 6.07) is 57.7. The summed E-state index contributed by atoms with van der Waals surface area (Å²) in [7, 11) is 0. The number of rotatable bonds is 4. The Morgan fingerprint density at radius 3 is 1.84 bits per heavy atom. The largest absolute Gasteiger partial charge is 0.456 e. The number of para-hydroxylation sites is 1. The Bertz CT molecular complexity index is 2950. The predicted molar refractivity (Wildman–Crippen MR) is 208 cm³/mol. The van der Waals surface area contributed by atoms with E-state index in [1.165, 1.54) is 48.0 Å². The van der Waals surface area contributed by atoms with E-state index in [0.717, 1.165) is 33.1 Å². The summed E-state index contributed by atoms with van der Waals surface area (Å²) in [6.07, 6.45) is 0. The van der Waals surface area contributed by atoms with E-state index >= 15 is 0 Å². The van der Waals surface area contributed by atoms with Gasteiger partial charge in [-0.1, -0.05) is 127 Å². The van der Waals surface area contributed by atoms with E-state index < -0.39 is 5.41 Å². The maximum absolute atomic E-state index is 6.21. The molecule has 10 aromatic rings. The predicted octanol–water partition coefficient (Wildman–Crippen LogP) is 11.8. The van der Waals surface area contributed by atoms with Gasteiger partial charge in [-0.05, 0) is 64.2 Å². The van der Waals surface area contributed by atoms with Crippen LogP contribution in [-0.2, 0) is 5.41 Å². The first kappa shape index (κ1) is 28.4. The van der Waals surface area contributed by atoms with Gasteiger partial charge < -0.3 is 4.42 Å². The zero-order valence-corrected chi connectivity index (χ0v) is 28.1. The third-order valence-corrected chi connectivity index (χ3v) is 11.5. The van der Waals surface area contributed by atoms with Gasteiger partial charge in [0.2, 0.25) is 0 Å². The number of thiophene rings is 1. The lowest BCUT2D eigenvalue weighted by molar-refractivity contribution is 0.669. The highest BCUT2D eigenvalue weighted by atomic mass is 32.1. The van der Waals surface area contributed by atoms with Crippen molar-refractivity contribution in [1.29, 1.82) is 0 Å². The van der Waals surface area contributed by atoms with Gasteiger partial charge in [0.15, 0.2) is 17.5 Å². The molecule has 0 saturated heterocycles. The van der Waals surface area contributed by atoms with E-state index in [2.05, 4.69) is 121 Å². The molecule has 0 N–H and O–H groups in total. The summed E-state index contributed by atoms with van der Waals surface area (Å²) in [5.74, 6) is 1.95. The molecule has 3 heterocycles. The summed E-state index contributed by atoms with van der Waals surface area (Å²) in [5.41, 5.74) is 8.60. The van der Waals surface area contributed by atoms with Crippen LogP contribution in [0.2, 0.25) is 0 Å². The Morgan fingerprint density at radius 1 is 0.431 bits per heavy atom. The van der Waals surface area contributed by atoms with E-state index in [4.69, 9.17) is 19.4 Å². The Labute approximate surface area is 297 Å². The molecule has 0 spiro atoms. The van der Waals surface area contributed by atoms with Gasteiger partial charge in [-0.3, -0.25) is 0 Å². The van der Waals surface area contributed by atoms with Crippen molar-refractivity contribution < 1.29 is 4.42 Å². The molecule has 0 amide bonds. The zero-order chi connectivity index (χ0) is 33.5. The lowest BCUT2D eigenvalue weighted by Crippen LogP contribution is -2.32. The Hall–Kier alpha value is -6.43. The molecule has 11 rings (SSSR count). The van der Waals surface area contributed by atoms with Crippen LogP contribution in [0, 0.1) is 0 Å². The Morgan fingerprint density at radius 2 is 1.04 bits per heavy atom. The van der Waals surface area contributed by atoms with Gasteiger partial charge in [0.1, 0.15) is 16.6 Å². The molecule has 4 nitrogen and oxygen atoms in total. The van der Waals surface area contributed by atoms with Crippen molar-refractivity contribution in [3.63, 3.8) is 0 Å². The molecule has 3 aromatic heterocycles. The van der Waals surface area contributed by atoms with Crippen molar-refractivity contribution >= 4 is 53.4 Å². The molecular weight excluding hydrogens is 643 g/mol. The molecule has 0 atom stereocenters. The van der Waals surface area contributed by atoms with Crippen LogP contribution in [0.3, 0.4) is 0 Å². The molecule has 7 aromatic carbocycles.